The summed E-state index contributed by atoms with van der Waals surface area (Å²) in [6, 6.07) is 2.43. The molecule has 0 aliphatic rings. The van der Waals surface area contributed by atoms with E-state index < -0.39 is 23.3 Å². The van der Waals surface area contributed by atoms with Crippen molar-refractivity contribution in [2.75, 3.05) is 0 Å². The number of aryl methyl sites for hydroxylation is 1. The molecule has 1 aromatic heterocycles. The Balaban J connectivity index is 2.97. The molecule has 2 rings (SSSR count). The molecule has 1 aromatic carbocycles. The van der Waals surface area contributed by atoms with Gasteiger partial charge in [0.1, 0.15) is 0 Å². The number of aromatic carboxylic acids is 1. The standard InChI is InChI=1S/C12H7ClF3NO2/c1-5-8(13)3-2-6-9(12(14,15)16)7(11(18)19)4-17-10(5)6/h2-4H,1H3,(H,18,19). The van der Waals surface area contributed by atoms with Crippen LogP contribution in [0.15, 0.2) is 18.3 Å². The van der Waals surface area contributed by atoms with Crippen LogP contribution in [-0.4, -0.2) is 16.1 Å². The molecule has 0 aliphatic carbocycles. The Hall–Kier alpha value is -1.82. The maximum atomic E-state index is 13.0. The summed E-state index contributed by atoms with van der Waals surface area (Å²) in [5.41, 5.74) is -1.65. The smallest absolute Gasteiger partial charge is 0.417 e. The minimum atomic E-state index is -4.78. The van der Waals surface area contributed by atoms with Crippen LogP contribution in [0.3, 0.4) is 0 Å². The van der Waals surface area contributed by atoms with Gasteiger partial charge in [-0.1, -0.05) is 17.7 Å². The fourth-order valence-corrected chi connectivity index (χ4v) is 2.00. The van der Waals surface area contributed by atoms with E-state index in [-0.39, 0.29) is 15.9 Å². The van der Waals surface area contributed by atoms with E-state index in [0.29, 0.717) is 11.8 Å². The van der Waals surface area contributed by atoms with E-state index in [0.717, 1.165) is 6.07 Å². The molecule has 0 aliphatic heterocycles. The van der Waals surface area contributed by atoms with Crippen molar-refractivity contribution in [1.29, 1.82) is 0 Å². The first-order chi connectivity index (χ1) is 8.73. The number of hydrogen-bond acceptors (Lipinski definition) is 2. The summed E-state index contributed by atoms with van der Waals surface area (Å²) in [4.78, 5) is 14.7. The highest BCUT2D eigenvalue weighted by molar-refractivity contribution is 6.32. The van der Waals surface area contributed by atoms with E-state index in [9.17, 15) is 18.0 Å². The van der Waals surface area contributed by atoms with Crippen LogP contribution in [0.25, 0.3) is 10.9 Å². The van der Waals surface area contributed by atoms with E-state index in [4.69, 9.17) is 16.7 Å². The Kier molecular flexibility index (Phi) is 3.14. The quantitative estimate of drug-likeness (QED) is 0.866. The Labute approximate surface area is 110 Å². The SMILES string of the molecule is Cc1c(Cl)ccc2c(C(F)(F)F)c(C(=O)O)cnc12. The van der Waals surface area contributed by atoms with Crippen LogP contribution < -0.4 is 0 Å². The van der Waals surface area contributed by atoms with Crippen molar-refractivity contribution in [1.82, 2.24) is 4.98 Å². The molecule has 0 bridgehead atoms. The molecule has 100 valence electrons. The number of fused-ring (bicyclic) bond motifs is 1. The number of alkyl halides is 3. The van der Waals surface area contributed by atoms with Gasteiger partial charge in [0.25, 0.3) is 0 Å². The van der Waals surface area contributed by atoms with Gasteiger partial charge in [-0.2, -0.15) is 13.2 Å². The second-order valence-corrected chi connectivity index (χ2v) is 4.33. The van der Waals surface area contributed by atoms with Gasteiger partial charge < -0.3 is 5.11 Å². The minimum Gasteiger partial charge on any atom is -0.478 e. The van der Waals surface area contributed by atoms with Gasteiger partial charge in [-0.3, -0.25) is 4.98 Å². The van der Waals surface area contributed by atoms with Gasteiger partial charge in [0.15, 0.2) is 0 Å². The third-order valence-corrected chi connectivity index (χ3v) is 3.15. The molecule has 0 saturated heterocycles. The zero-order chi connectivity index (χ0) is 14.4. The molecule has 7 heteroatoms. The van der Waals surface area contributed by atoms with Crippen LogP contribution in [0, 0.1) is 6.92 Å². The van der Waals surface area contributed by atoms with Crippen LogP contribution in [-0.2, 0) is 6.18 Å². The lowest BCUT2D eigenvalue weighted by atomic mass is 10.0. The largest absolute Gasteiger partial charge is 0.478 e. The first-order valence-electron chi connectivity index (χ1n) is 5.11. The molecule has 0 atom stereocenters. The number of pyridine rings is 1. The molecular weight excluding hydrogens is 283 g/mol. The van der Waals surface area contributed by atoms with Crippen LogP contribution in [0.2, 0.25) is 5.02 Å². The van der Waals surface area contributed by atoms with E-state index >= 15 is 0 Å². The van der Waals surface area contributed by atoms with Crippen LogP contribution in [0.1, 0.15) is 21.5 Å². The number of halogens is 4. The summed E-state index contributed by atoms with van der Waals surface area (Å²) in [5, 5.41) is 8.85. The number of carbonyl (C=O) groups is 1. The summed E-state index contributed by atoms with van der Waals surface area (Å²) in [5.74, 6) is -1.67. The first kappa shape index (κ1) is 13.6. The summed E-state index contributed by atoms with van der Waals surface area (Å²) < 4.78 is 39.1. The topological polar surface area (TPSA) is 50.2 Å². The number of rotatable bonds is 1. The van der Waals surface area contributed by atoms with Crippen molar-refractivity contribution in [2.45, 2.75) is 13.1 Å². The molecule has 1 heterocycles. The molecule has 0 radical (unpaired) electrons. The molecule has 3 nitrogen and oxygen atoms in total. The first-order valence-corrected chi connectivity index (χ1v) is 5.49. The van der Waals surface area contributed by atoms with Gasteiger partial charge in [0, 0.05) is 16.6 Å². The average molecular weight is 290 g/mol. The van der Waals surface area contributed by atoms with Crippen molar-refractivity contribution >= 4 is 28.5 Å². The summed E-state index contributed by atoms with van der Waals surface area (Å²) in [6.45, 7) is 1.53. The zero-order valence-corrected chi connectivity index (χ0v) is 10.3. The molecule has 0 amide bonds. The number of benzene rings is 1. The van der Waals surface area contributed by atoms with Gasteiger partial charge in [-0.05, 0) is 18.6 Å². The highest BCUT2D eigenvalue weighted by atomic mass is 35.5. The van der Waals surface area contributed by atoms with Crippen LogP contribution in [0.5, 0.6) is 0 Å². The van der Waals surface area contributed by atoms with Crippen molar-refractivity contribution in [3.8, 4) is 0 Å². The Morgan fingerprint density at radius 2 is 2.00 bits per heavy atom. The van der Waals surface area contributed by atoms with Gasteiger partial charge >= 0.3 is 12.1 Å². The second-order valence-electron chi connectivity index (χ2n) is 3.92. The molecular formula is C12H7ClF3NO2. The highest BCUT2D eigenvalue weighted by Gasteiger charge is 2.38. The maximum absolute atomic E-state index is 13.0. The molecule has 0 spiro atoms. The number of carboxylic acids is 1. The van der Waals surface area contributed by atoms with Crippen LogP contribution in [0.4, 0.5) is 13.2 Å². The summed E-state index contributed by atoms with van der Waals surface area (Å²) in [7, 11) is 0. The van der Waals surface area contributed by atoms with E-state index in [1.807, 2.05) is 0 Å². The van der Waals surface area contributed by atoms with Crippen molar-refractivity contribution < 1.29 is 23.1 Å². The number of hydrogen-bond donors (Lipinski definition) is 1. The third-order valence-electron chi connectivity index (χ3n) is 2.74. The second kappa shape index (κ2) is 4.38. The van der Waals surface area contributed by atoms with E-state index in [1.165, 1.54) is 13.0 Å². The fourth-order valence-electron chi connectivity index (χ4n) is 1.85. The lowest BCUT2D eigenvalue weighted by Gasteiger charge is -2.14. The van der Waals surface area contributed by atoms with Crippen LogP contribution >= 0.6 is 11.6 Å². The zero-order valence-electron chi connectivity index (χ0n) is 9.55. The normalized spacial score (nSPS) is 11.8. The lowest BCUT2D eigenvalue weighted by Crippen LogP contribution is -2.14. The van der Waals surface area contributed by atoms with Gasteiger partial charge in [0.2, 0.25) is 0 Å². The molecule has 0 saturated carbocycles. The molecule has 0 unspecified atom stereocenters. The van der Waals surface area contributed by atoms with E-state index in [1.54, 1.807) is 0 Å². The van der Waals surface area contributed by atoms with Gasteiger partial charge in [0.05, 0.1) is 16.6 Å². The molecule has 1 N–H and O–H groups in total. The van der Waals surface area contributed by atoms with Crippen molar-refractivity contribution in [2.24, 2.45) is 0 Å². The molecule has 19 heavy (non-hydrogen) atoms. The van der Waals surface area contributed by atoms with Gasteiger partial charge in [-0.25, -0.2) is 4.79 Å². The Morgan fingerprint density at radius 3 is 2.53 bits per heavy atom. The number of carboxylic acid groups (broad SMARTS) is 1. The number of nitrogens with zero attached hydrogens (tertiary/aromatic N) is 1. The predicted molar refractivity (Wildman–Crippen MR) is 63.5 cm³/mol. The Bertz CT molecular complexity index is 683. The minimum absolute atomic E-state index is 0.0461. The fraction of sp³-hybridized carbons (Fsp3) is 0.167. The molecule has 0 fully saturated rings. The van der Waals surface area contributed by atoms with Crippen molar-refractivity contribution in [3.05, 3.63) is 40.0 Å². The predicted octanol–water partition coefficient (Wildman–Crippen LogP) is 3.91. The summed E-state index contributed by atoms with van der Waals surface area (Å²) in [6.07, 6.45) is -4.08. The lowest BCUT2D eigenvalue weighted by molar-refractivity contribution is -0.136. The van der Waals surface area contributed by atoms with Crippen molar-refractivity contribution in [3.63, 3.8) is 0 Å². The van der Waals surface area contributed by atoms with E-state index in [2.05, 4.69) is 4.98 Å². The molecule has 2 aromatic rings. The average Bonchev–Trinajstić information content (AvgIpc) is 2.31. The third kappa shape index (κ3) is 2.23. The monoisotopic (exact) mass is 289 g/mol. The Morgan fingerprint density at radius 1 is 1.37 bits per heavy atom. The highest BCUT2D eigenvalue weighted by Crippen LogP contribution is 2.38. The summed E-state index contributed by atoms with van der Waals surface area (Å²) >= 11 is 5.82. The van der Waals surface area contributed by atoms with Gasteiger partial charge in [-0.15, -0.1) is 0 Å². The number of aromatic nitrogens is 1. The maximum Gasteiger partial charge on any atom is 0.417 e.